The van der Waals surface area contributed by atoms with Crippen LogP contribution in [0, 0.1) is 0 Å². The highest BCUT2D eigenvalue weighted by Crippen LogP contribution is 2.23. The number of nitrogens with zero attached hydrogens (tertiary/aromatic N) is 4. The van der Waals surface area contributed by atoms with Crippen molar-refractivity contribution in [2.45, 2.75) is 19.5 Å². The number of rotatable bonds is 5. The average molecular weight is 528 g/mol. The van der Waals surface area contributed by atoms with Gasteiger partial charge in [0.25, 0.3) is 0 Å². The second-order valence-electron chi connectivity index (χ2n) is 6.25. The lowest BCUT2D eigenvalue weighted by molar-refractivity contribution is 0.0173. The van der Waals surface area contributed by atoms with Gasteiger partial charge >= 0.3 is 0 Å². The van der Waals surface area contributed by atoms with E-state index in [1.807, 2.05) is 0 Å². The van der Waals surface area contributed by atoms with Crippen LogP contribution in [0.2, 0.25) is 0 Å². The Hall–Kier alpha value is 0.1000. The zero-order valence-electron chi connectivity index (χ0n) is 14.4. The molecule has 3 fully saturated rings. The molecule has 2 bridgehead atoms. The summed E-state index contributed by atoms with van der Waals surface area (Å²) < 4.78 is 1.18. The first-order valence-electron chi connectivity index (χ1n) is 8.35. The number of thiophene rings is 1. The minimum absolute atomic E-state index is 0. The van der Waals surface area contributed by atoms with Crippen LogP contribution in [0.1, 0.15) is 11.8 Å². The van der Waals surface area contributed by atoms with Gasteiger partial charge in [-0.2, -0.15) is 0 Å². The number of guanidine groups is 1. The summed E-state index contributed by atoms with van der Waals surface area (Å²) in [7, 11) is 2.12. The first-order chi connectivity index (χ1) is 11.2. The zero-order valence-corrected chi connectivity index (χ0v) is 19.1. The lowest BCUT2D eigenvalue weighted by Gasteiger charge is -2.47. The third-order valence-electron chi connectivity index (χ3n) is 4.56. The third kappa shape index (κ3) is 5.30. The van der Waals surface area contributed by atoms with E-state index in [1.54, 1.807) is 11.3 Å². The van der Waals surface area contributed by atoms with Crippen LogP contribution in [0.25, 0.3) is 0 Å². The van der Waals surface area contributed by atoms with Gasteiger partial charge in [0, 0.05) is 57.2 Å². The Kier molecular flexibility index (Phi) is 8.25. The molecule has 3 aliphatic rings. The molecule has 3 aliphatic heterocycles. The predicted molar refractivity (Wildman–Crippen MR) is 117 cm³/mol. The normalized spacial score (nSPS) is 26.1. The standard InChI is InChI=1S/C16H26BrN5S.HI/c1-3-18-16(20(2)12-14-4-5-15(17)23-14)19-10-13-11-21-6-8-22(13)9-7-21;/h4-5,13H,3,6-12H2,1-2H3,(H,18,19);1H. The summed E-state index contributed by atoms with van der Waals surface area (Å²) in [6.07, 6.45) is 0. The van der Waals surface area contributed by atoms with E-state index in [2.05, 4.69) is 62.1 Å². The van der Waals surface area contributed by atoms with Gasteiger partial charge in [-0.25, -0.2) is 0 Å². The molecule has 0 aliphatic carbocycles. The van der Waals surface area contributed by atoms with Gasteiger partial charge in [-0.15, -0.1) is 35.3 Å². The molecule has 136 valence electrons. The Morgan fingerprint density at radius 1 is 1.38 bits per heavy atom. The number of hydrogen-bond donors (Lipinski definition) is 1. The monoisotopic (exact) mass is 527 g/mol. The van der Waals surface area contributed by atoms with Gasteiger partial charge in [0.1, 0.15) is 0 Å². The summed E-state index contributed by atoms with van der Waals surface area (Å²) in [6, 6.07) is 4.86. The van der Waals surface area contributed by atoms with Crippen molar-refractivity contribution < 1.29 is 0 Å². The Labute approximate surface area is 174 Å². The summed E-state index contributed by atoms with van der Waals surface area (Å²) in [5.41, 5.74) is 0. The highest BCUT2D eigenvalue weighted by molar-refractivity contribution is 14.0. The summed E-state index contributed by atoms with van der Waals surface area (Å²) in [5.74, 6) is 1.01. The molecule has 1 N–H and O–H groups in total. The number of hydrogen-bond acceptors (Lipinski definition) is 4. The van der Waals surface area contributed by atoms with Crippen molar-refractivity contribution in [3.63, 3.8) is 0 Å². The molecule has 0 saturated carbocycles. The van der Waals surface area contributed by atoms with Gasteiger partial charge in [-0.05, 0) is 35.0 Å². The second-order valence-corrected chi connectivity index (χ2v) is 8.79. The lowest BCUT2D eigenvalue weighted by Crippen LogP contribution is -2.62. The molecule has 4 heterocycles. The molecule has 1 atom stereocenters. The van der Waals surface area contributed by atoms with Gasteiger partial charge in [0.05, 0.1) is 16.9 Å². The molecular formula is C16H27BrIN5S. The van der Waals surface area contributed by atoms with E-state index in [0.717, 1.165) is 25.6 Å². The van der Waals surface area contributed by atoms with Crippen molar-refractivity contribution in [2.75, 3.05) is 52.9 Å². The van der Waals surface area contributed by atoms with Gasteiger partial charge in [-0.3, -0.25) is 14.8 Å². The number of piperazine rings is 3. The predicted octanol–water partition coefficient (Wildman–Crippen LogP) is 2.53. The highest BCUT2D eigenvalue weighted by atomic mass is 127. The van der Waals surface area contributed by atoms with Gasteiger partial charge < -0.3 is 10.2 Å². The van der Waals surface area contributed by atoms with Crippen LogP contribution >= 0.6 is 51.2 Å². The van der Waals surface area contributed by atoms with Crippen LogP contribution in [0.4, 0.5) is 0 Å². The number of aliphatic imine (C=N–C) groups is 1. The summed E-state index contributed by atoms with van der Waals surface area (Å²) >= 11 is 5.32. The Morgan fingerprint density at radius 2 is 2.12 bits per heavy atom. The van der Waals surface area contributed by atoms with Crippen LogP contribution in [0.3, 0.4) is 0 Å². The molecule has 8 heteroatoms. The van der Waals surface area contributed by atoms with E-state index in [4.69, 9.17) is 4.99 Å². The number of fused-ring (bicyclic) bond motifs is 3. The Morgan fingerprint density at radius 3 is 2.67 bits per heavy atom. The lowest BCUT2D eigenvalue weighted by atomic mass is 10.1. The molecule has 0 aromatic carbocycles. The number of nitrogens with one attached hydrogen (secondary N) is 1. The fraction of sp³-hybridized carbons (Fsp3) is 0.688. The van der Waals surface area contributed by atoms with Crippen molar-refractivity contribution >= 4 is 57.2 Å². The summed E-state index contributed by atoms with van der Waals surface area (Å²) in [4.78, 5) is 13.6. The Bertz CT molecular complexity index is 544. The molecule has 0 radical (unpaired) electrons. The molecule has 3 saturated heterocycles. The first kappa shape index (κ1) is 20.4. The van der Waals surface area contributed by atoms with Crippen molar-refractivity contribution in [3.05, 3.63) is 20.8 Å². The fourth-order valence-corrected chi connectivity index (χ4v) is 4.84. The van der Waals surface area contributed by atoms with Gasteiger partial charge in [0.15, 0.2) is 5.96 Å². The SMILES string of the molecule is CCNC(=NCC1CN2CCN1CC2)N(C)Cc1ccc(Br)s1.I. The average Bonchev–Trinajstić information content (AvgIpc) is 2.97. The van der Waals surface area contributed by atoms with Crippen molar-refractivity contribution in [2.24, 2.45) is 4.99 Å². The molecule has 0 spiro atoms. The molecule has 5 nitrogen and oxygen atoms in total. The first-order valence-corrected chi connectivity index (χ1v) is 9.96. The second kappa shape index (κ2) is 9.70. The largest absolute Gasteiger partial charge is 0.357 e. The van der Waals surface area contributed by atoms with E-state index in [0.29, 0.717) is 6.04 Å². The molecular weight excluding hydrogens is 501 g/mol. The minimum atomic E-state index is 0. The smallest absolute Gasteiger partial charge is 0.194 e. The van der Waals surface area contributed by atoms with Gasteiger partial charge in [0.2, 0.25) is 0 Å². The quantitative estimate of drug-likeness (QED) is 0.362. The van der Waals surface area contributed by atoms with Crippen LogP contribution in [0.5, 0.6) is 0 Å². The molecule has 24 heavy (non-hydrogen) atoms. The van der Waals surface area contributed by atoms with Crippen LogP contribution in [-0.2, 0) is 6.54 Å². The minimum Gasteiger partial charge on any atom is -0.357 e. The topological polar surface area (TPSA) is 34.1 Å². The van der Waals surface area contributed by atoms with Crippen LogP contribution in [0.15, 0.2) is 20.9 Å². The van der Waals surface area contributed by atoms with E-state index >= 15 is 0 Å². The number of halogens is 2. The van der Waals surface area contributed by atoms with E-state index in [1.165, 1.54) is 41.4 Å². The maximum absolute atomic E-state index is 4.91. The van der Waals surface area contributed by atoms with E-state index in [-0.39, 0.29) is 24.0 Å². The fourth-order valence-electron chi connectivity index (χ4n) is 3.30. The van der Waals surface area contributed by atoms with Crippen LogP contribution in [-0.4, -0.2) is 79.6 Å². The highest BCUT2D eigenvalue weighted by Gasteiger charge is 2.31. The molecule has 1 aromatic heterocycles. The van der Waals surface area contributed by atoms with Crippen molar-refractivity contribution in [3.8, 4) is 0 Å². The Balaban J connectivity index is 0.00000208. The molecule has 0 amide bonds. The summed E-state index contributed by atoms with van der Waals surface area (Å²) in [5, 5.41) is 3.43. The maximum atomic E-state index is 4.91. The molecule has 4 rings (SSSR count). The van der Waals surface area contributed by atoms with Crippen molar-refractivity contribution in [1.29, 1.82) is 0 Å². The van der Waals surface area contributed by atoms with Crippen molar-refractivity contribution in [1.82, 2.24) is 20.0 Å². The molecule has 1 unspecified atom stereocenters. The maximum Gasteiger partial charge on any atom is 0.194 e. The van der Waals surface area contributed by atoms with E-state index in [9.17, 15) is 0 Å². The summed E-state index contributed by atoms with van der Waals surface area (Å²) in [6.45, 7) is 10.8. The van der Waals surface area contributed by atoms with Crippen LogP contribution < -0.4 is 5.32 Å². The van der Waals surface area contributed by atoms with E-state index < -0.39 is 0 Å². The molecule has 1 aromatic rings. The zero-order chi connectivity index (χ0) is 16.2. The third-order valence-corrected chi connectivity index (χ3v) is 6.17. The van der Waals surface area contributed by atoms with Gasteiger partial charge in [-0.1, -0.05) is 0 Å².